The van der Waals surface area contributed by atoms with Crippen molar-refractivity contribution in [2.75, 3.05) is 6.61 Å². The maximum absolute atomic E-state index is 12.0. The predicted octanol–water partition coefficient (Wildman–Crippen LogP) is 0.0807. The number of nitrogens with one attached hydrogen (secondary N) is 1. The van der Waals surface area contributed by atoms with E-state index < -0.39 is 22.0 Å². The first kappa shape index (κ1) is 15.6. The zero-order valence-corrected chi connectivity index (χ0v) is 11.6. The Labute approximate surface area is 112 Å². The number of nitrogens with two attached hydrogens (primary N) is 1. The van der Waals surface area contributed by atoms with Gasteiger partial charge < -0.3 is 10.8 Å². The Hall–Kier alpha value is -1.44. The molecule has 0 saturated carbocycles. The first-order chi connectivity index (χ1) is 8.77. The Balaban J connectivity index is 2.97. The third-order valence-corrected chi connectivity index (χ3v) is 4.26. The van der Waals surface area contributed by atoms with Gasteiger partial charge in [0, 0.05) is 11.6 Å². The summed E-state index contributed by atoms with van der Waals surface area (Å²) in [5.41, 5.74) is 5.32. The number of rotatable bonds is 6. The van der Waals surface area contributed by atoms with E-state index in [2.05, 4.69) is 4.72 Å². The van der Waals surface area contributed by atoms with Gasteiger partial charge in [-0.25, -0.2) is 13.1 Å². The van der Waals surface area contributed by atoms with Crippen LogP contribution in [0, 0.1) is 5.92 Å². The monoisotopic (exact) mass is 286 g/mol. The number of hydrogen-bond acceptors (Lipinski definition) is 4. The number of aliphatic hydroxyl groups excluding tert-OH is 1. The molecule has 6 nitrogen and oxygen atoms in total. The smallest absolute Gasteiger partial charge is 0.248 e. The van der Waals surface area contributed by atoms with Gasteiger partial charge in [-0.15, -0.1) is 0 Å². The summed E-state index contributed by atoms with van der Waals surface area (Å²) in [6, 6.07) is 4.75. The summed E-state index contributed by atoms with van der Waals surface area (Å²) in [6.45, 7) is 3.33. The number of carbonyl (C=O) groups is 1. The minimum Gasteiger partial charge on any atom is -0.395 e. The van der Waals surface area contributed by atoms with Gasteiger partial charge in [0.05, 0.1) is 11.5 Å². The average Bonchev–Trinajstić information content (AvgIpc) is 2.35. The van der Waals surface area contributed by atoms with E-state index in [0.29, 0.717) is 0 Å². The SMILES string of the molecule is CC(C)C(CO)NS(=O)(=O)c1ccc(C(N)=O)cc1. The fraction of sp³-hybridized carbons (Fsp3) is 0.417. The fourth-order valence-electron chi connectivity index (χ4n) is 1.45. The molecule has 0 aliphatic rings. The highest BCUT2D eigenvalue weighted by atomic mass is 32.2. The lowest BCUT2D eigenvalue weighted by Crippen LogP contribution is -2.41. The van der Waals surface area contributed by atoms with Gasteiger partial charge in [-0.1, -0.05) is 13.8 Å². The third-order valence-electron chi connectivity index (χ3n) is 2.76. The van der Waals surface area contributed by atoms with Crippen molar-refractivity contribution in [2.24, 2.45) is 11.7 Å². The second kappa shape index (κ2) is 6.14. The standard InChI is InChI=1S/C12H18N2O4S/c1-8(2)11(7-15)14-19(17,18)10-5-3-9(4-6-10)12(13)16/h3-6,8,11,14-15H,7H2,1-2H3,(H2,13,16). The Kier molecular flexibility index (Phi) is 5.04. The van der Waals surface area contributed by atoms with E-state index in [1.807, 2.05) is 0 Å². The van der Waals surface area contributed by atoms with Crippen molar-refractivity contribution < 1.29 is 18.3 Å². The molecule has 0 bridgehead atoms. The molecule has 1 aromatic rings. The van der Waals surface area contributed by atoms with Crippen LogP contribution in [0.1, 0.15) is 24.2 Å². The molecule has 1 unspecified atom stereocenters. The van der Waals surface area contributed by atoms with E-state index >= 15 is 0 Å². The zero-order chi connectivity index (χ0) is 14.6. The molecule has 0 radical (unpaired) electrons. The summed E-state index contributed by atoms with van der Waals surface area (Å²) < 4.78 is 26.5. The molecule has 0 saturated heterocycles. The molecule has 0 aliphatic heterocycles. The normalized spacial score (nSPS) is 13.5. The van der Waals surface area contributed by atoms with Crippen molar-refractivity contribution in [1.29, 1.82) is 0 Å². The van der Waals surface area contributed by atoms with Crippen LogP contribution in [0.3, 0.4) is 0 Å². The molecule has 1 atom stereocenters. The van der Waals surface area contributed by atoms with Crippen molar-refractivity contribution in [1.82, 2.24) is 4.72 Å². The summed E-state index contributed by atoms with van der Waals surface area (Å²) in [6.07, 6.45) is 0. The highest BCUT2D eigenvalue weighted by Crippen LogP contribution is 2.12. The number of amides is 1. The lowest BCUT2D eigenvalue weighted by molar-refractivity contribution is 0.1000. The largest absolute Gasteiger partial charge is 0.395 e. The van der Waals surface area contributed by atoms with E-state index in [-0.39, 0.29) is 23.0 Å². The molecule has 0 aromatic heterocycles. The van der Waals surface area contributed by atoms with Gasteiger partial charge >= 0.3 is 0 Å². The van der Waals surface area contributed by atoms with Crippen molar-refractivity contribution in [3.8, 4) is 0 Å². The molecule has 0 fully saturated rings. The highest BCUT2D eigenvalue weighted by molar-refractivity contribution is 7.89. The molecule has 1 rings (SSSR count). The van der Waals surface area contributed by atoms with Crippen LogP contribution in [-0.4, -0.2) is 32.1 Å². The van der Waals surface area contributed by atoms with Crippen LogP contribution in [0.15, 0.2) is 29.2 Å². The Morgan fingerprint density at radius 1 is 1.32 bits per heavy atom. The second-order valence-corrected chi connectivity index (χ2v) is 6.26. The van der Waals surface area contributed by atoms with Crippen molar-refractivity contribution in [2.45, 2.75) is 24.8 Å². The van der Waals surface area contributed by atoms with Gasteiger partial charge in [0.15, 0.2) is 0 Å². The van der Waals surface area contributed by atoms with Crippen LogP contribution in [-0.2, 0) is 10.0 Å². The van der Waals surface area contributed by atoms with Gasteiger partial charge in [0.1, 0.15) is 0 Å². The highest BCUT2D eigenvalue weighted by Gasteiger charge is 2.21. The fourth-order valence-corrected chi connectivity index (χ4v) is 2.83. The second-order valence-electron chi connectivity index (χ2n) is 4.54. The predicted molar refractivity (Wildman–Crippen MR) is 71.0 cm³/mol. The molecule has 106 valence electrons. The van der Waals surface area contributed by atoms with Gasteiger partial charge in [0.25, 0.3) is 0 Å². The maximum Gasteiger partial charge on any atom is 0.248 e. The van der Waals surface area contributed by atoms with Crippen LogP contribution < -0.4 is 10.5 Å². The number of aliphatic hydroxyl groups is 1. The lowest BCUT2D eigenvalue weighted by Gasteiger charge is -2.19. The van der Waals surface area contributed by atoms with Crippen LogP contribution in [0.25, 0.3) is 0 Å². The minimum atomic E-state index is -3.72. The molecule has 7 heteroatoms. The maximum atomic E-state index is 12.0. The van der Waals surface area contributed by atoms with Crippen molar-refractivity contribution in [3.63, 3.8) is 0 Å². The quantitative estimate of drug-likeness (QED) is 0.688. The molecule has 4 N–H and O–H groups in total. The zero-order valence-electron chi connectivity index (χ0n) is 10.8. The van der Waals surface area contributed by atoms with E-state index in [0.717, 1.165) is 0 Å². The molecule has 1 amide bonds. The minimum absolute atomic E-state index is 0.0246. The molecular formula is C12H18N2O4S. The summed E-state index contributed by atoms with van der Waals surface area (Å²) in [4.78, 5) is 10.9. The Morgan fingerprint density at radius 3 is 2.21 bits per heavy atom. The van der Waals surface area contributed by atoms with Gasteiger partial charge in [-0.05, 0) is 30.2 Å². The number of sulfonamides is 1. The summed E-state index contributed by atoms with van der Waals surface area (Å²) in [7, 11) is -3.72. The van der Waals surface area contributed by atoms with Gasteiger partial charge in [-0.2, -0.15) is 0 Å². The number of carbonyl (C=O) groups excluding carboxylic acids is 1. The molecule has 1 aromatic carbocycles. The van der Waals surface area contributed by atoms with Crippen LogP contribution in [0.4, 0.5) is 0 Å². The van der Waals surface area contributed by atoms with E-state index in [4.69, 9.17) is 10.8 Å². The van der Waals surface area contributed by atoms with E-state index in [9.17, 15) is 13.2 Å². The first-order valence-electron chi connectivity index (χ1n) is 5.81. The van der Waals surface area contributed by atoms with Crippen LogP contribution >= 0.6 is 0 Å². The third kappa shape index (κ3) is 4.02. The topological polar surface area (TPSA) is 109 Å². The Bertz CT molecular complexity index is 537. The molecule has 0 aliphatic carbocycles. The molecule has 0 heterocycles. The van der Waals surface area contributed by atoms with Gasteiger partial charge in [0.2, 0.25) is 15.9 Å². The summed E-state index contributed by atoms with van der Waals surface area (Å²) in [5.74, 6) is -0.656. The number of hydrogen-bond donors (Lipinski definition) is 3. The van der Waals surface area contributed by atoms with Crippen molar-refractivity contribution >= 4 is 15.9 Å². The molecular weight excluding hydrogens is 268 g/mol. The molecule has 0 spiro atoms. The summed E-state index contributed by atoms with van der Waals surface area (Å²) in [5, 5.41) is 9.14. The average molecular weight is 286 g/mol. The Morgan fingerprint density at radius 2 is 1.84 bits per heavy atom. The van der Waals surface area contributed by atoms with E-state index in [1.165, 1.54) is 24.3 Å². The number of benzene rings is 1. The van der Waals surface area contributed by atoms with Crippen LogP contribution in [0.5, 0.6) is 0 Å². The van der Waals surface area contributed by atoms with E-state index in [1.54, 1.807) is 13.8 Å². The van der Waals surface area contributed by atoms with Gasteiger partial charge in [-0.3, -0.25) is 4.79 Å². The summed E-state index contributed by atoms with van der Waals surface area (Å²) >= 11 is 0. The lowest BCUT2D eigenvalue weighted by atomic mass is 10.1. The number of primary amides is 1. The molecule has 19 heavy (non-hydrogen) atoms. The first-order valence-corrected chi connectivity index (χ1v) is 7.29. The van der Waals surface area contributed by atoms with Crippen molar-refractivity contribution in [3.05, 3.63) is 29.8 Å². The van der Waals surface area contributed by atoms with Crippen LogP contribution in [0.2, 0.25) is 0 Å².